The lowest BCUT2D eigenvalue weighted by Gasteiger charge is -2.21. The maximum absolute atomic E-state index is 10.1. The zero-order chi connectivity index (χ0) is 28.3. The lowest BCUT2D eigenvalue weighted by molar-refractivity contribution is -0.0866. The van der Waals surface area contributed by atoms with Gasteiger partial charge in [-0.2, -0.15) is 5.26 Å². The van der Waals surface area contributed by atoms with Gasteiger partial charge >= 0.3 is 0 Å². The number of hydrogen-bond acceptors (Lipinski definition) is 5. The standard InChI is InChI=1S/C35H33N3O3/c36-21-32-33(37)35(30-19-11-4-12-20-30)38(34(32)29-17-9-3-10-18-29)26-41-31(24-39-22-27-13-5-1-6-14-27)25-40-23-28-15-7-2-8-16-28/h1-20,31H,22-26,37H2. The van der Waals surface area contributed by atoms with Crippen molar-refractivity contribution in [1.82, 2.24) is 4.57 Å². The minimum Gasteiger partial charge on any atom is -0.396 e. The van der Waals surface area contributed by atoms with E-state index in [1.54, 1.807) is 0 Å². The average molecular weight is 544 g/mol. The number of nitrogen functional groups attached to an aromatic ring is 1. The molecule has 2 N–H and O–H groups in total. The van der Waals surface area contributed by atoms with Gasteiger partial charge in [0, 0.05) is 5.56 Å². The summed E-state index contributed by atoms with van der Waals surface area (Å²) >= 11 is 0. The molecule has 4 aromatic carbocycles. The molecule has 0 spiro atoms. The summed E-state index contributed by atoms with van der Waals surface area (Å²) in [5.74, 6) is 0. The molecule has 1 heterocycles. The van der Waals surface area contributed by atoms with Crippen LogP contribution in [0, 0.1) is 11.3 Å². The Morgan fingerprint density at radius 2 is 1.07 bits per heavy atom. The molecule has 206 valence electrons. The number of rotatable bonds is 13. The highest BCUT2D eigenvalue weighted by Gasteiger charge is 2.24. The molecular formula is C35H33N3O3. The zero-order valence-electron chi connectivity index (χ0n) is 22.9. The van der Waals surface area contributed by atoms with Crippen molar-refractivity contribution in [3.8, 4) is 28.6 Å². The fraction of sp³-hybridized carbons (Fsp3) is 0.171. The SMILES string of the molecule is N#Cc1c(N)c(-c2ccccc2)n(COC(COCc2ccccc2)COCc2ccccc2)c1-c1ccccc1. The molecule has 0 unspecified atom stereocenters. The van der Waals surface area contributed by atoms with E-state index in [4.69, 9.17) is 19.9 Å². The third kappa shape index (κ3) is 7.10. The van der Waals surface area contributed by atoms with Crippen LogP contribution in [0.1, 0.15) is 16.7 Å². The summed E-state index contributed by atoms with van der Waals surface area (Å²) < 4.78 is 20.6. The van der Waals surface area contributed by atoms with E-state index >= 15 is 0 Å². The molecule has 0 fully saturated rings. The maximum Gasteiger partial charge on any atom is 0.124 e. The van der Waals surface area contributed by atoms with Crippen LogP contribution in [-0.4, -0.2) is 23.9 Å². The molecule has 0 aliphatic heterocycles. The van der Waals surface area contributed by atoms with E-state index < -0.39 is 0 Å². The van der Waals surface area contributed by atoms with Crippen LogP contribution >= 0.6 is 0 Å². The summed E-state index contributed by atoms with van der Waals surface area (Å²) in [6, 6.07) is 42.1. The third-order valence-electron chi connectivity index (χ3n) is 6.78. The third-order valence-corrected chi connectivity index (χ3v) is 6.78. The number of nitrogens with zero attached hydrogens (tertiary/aromatic N) is 2. The fourth-order valence-corrected chi connectivity index (χ4v) is 4.77. The molecule has 0 aliphatic rings. The molecule has 0 radical (unpaired) electrons. The molecule has 5 rings (SSSR count). The molecule has 1 aromatic heterocycles. The van der Waals surface area contributed by atoms with Crippen molar-refractivity contribution < 1.29 is 14.2 Å². The van der Waals surface area contributed by atoms with Crippen LogP contribution in [0.25, 0.3) is 22.5 Å². The first-order valence-corrected chi connectivity index (χ1v) is 13.6. The smallest absolute Gasteiger partial charge is 0.124 e. The van der Waals surface area contributed by atoms with Crippen molar-refractivity contribution >= 4 is 5.69 Å². The Bertz CT molecular complexity index is 1500. The zero-order valence-corrected chi connectivity index (χ0v) is 22.9. The fourth-order valence-electron chi connectivity index (χ4n) is 4.77. The van der Waals surface area contributed by atoms with E-state index in [-0.39, 0.29) is 12.8 Å². The quantitative estimate of drug-likeness (QED) is 0.172. The maximum atomic E-state index is 10.1. The minimum absolute atomic E-state index is 0.161. The van der Waals surface area contributed by atoms with Crippen molar-refractivity contribution in [2.45, 2.75) is 26.0 Å². The number of anilines is 1. The lowest BCUT2D eigenvalue weighted by Crippen LogP contribution is -2.27. The molecule has 0 amide bonds. The highest BCUT2D eigenvalue weighted by atomic mass is 16.6. The second-order valence-electron chi connectivity index (χ2n) is 9.68. The van der Waals surface area contributed by atoms with Crippen LogP contribution in [-0.2, 0) is 34.2 Å². The molecular weight excluding hydrogens is 510 g/mol. The summed E-state index contributed by atoms with van der Waals surface area (Å²) in [4.78, 5) is 0. The van der Waals surface area contributed by atoms with Crippen molar-refractivity contribution in [2.24, 2.45) is 0 Å². The van der Waals surface area contributed by atoms with Crippen LogP contribution in [0.2, 0.25) is 0 Å². The molecule has 6 nitrogen and oxygen atoms in total. The Morgan fingerprint density at radius 1 is 0.634 bits per heavy atom. The number of benzene rings is 4. The predicted molar refractivity (Wildman–Crippen MR) is 162 cm³/mol. The Hall–Kier alpha value is -4.67. The Labute approximate surface area is 241 Å². The van der Waals surface area contributed by atoms with E-state index in [2.05, 4.69) is 6.07 Å². The summed E-state index contributed by atoms with van der Waals surface area (Å²) in [5, 5.41) is 10.1. The van der Waals surface area contributed by atoms with Gasteiger partial charge in [0.05, 0.1) is 43.5 Å². The van der Waals surface area contributed by atoms with Gasteiger partial charge < -0.3 is 24.5 Å². The van der Waals surface area contributed by atoms with Gasteiger partial charge in [0.25, 0.3) is 0 Å². The van der Waals surface area contributed by atoms with Gasteiger partial charge in [0.15, 0.2) is 0 Å². The van der Waals surface area contributed by atoms with Crippen LogP contribution in [0.15, 0.2) is 121 Å². The highest BCUT2D eigenvalue weighted by molar-refractivity contribution is 5.87. The molecule has 41 heavy (non-hydrogen) atoms. The van der Waals surface area contributed by atoms with E-state index in [9.17, 15) is 5.26 Å². The van der Waals surface area contributed by atoms with Gasteiger partial charge in [-0.25, -0.2) is 0 Å². The second kappa shape index (κ2) is 14.1. The number of nitriles is 1. The van der Waals surface area contributed by atoms with Gasteiger partial charge in [-0.3, -0.25) is 0 Å². The van der Waals surface area contributed by atoms with Crippen molar-refractivity contribution in [3.63, 3.8) is 0 Å². The van der Waals surface area contributed by atoms with Gasteiger partial charge in [0.1, 0.15) is 24.5 Å². The van der Waals surface area contributed by atoms with Crippen LogP contribution < -0.4 is 5.73 Å². The molecule has 0 aliphatic carbocycles. The van der Waals surface area contributed by atoms with E-state index in [1.807, 2.05) is 126 Å². The van der Waals surface area contributed by atoms with Crippen molar-refractivity contribution in [1.29, 1.82) is 5.26 Å². The average Bonchev–Trinajstić information content (AvgIpc) is 3.32. The first-order chi connectivity index (χ1) is 20.2. The van der Waals surface area contributed by atoms with Gasteiger partial charge in [-0.15, -0.1) is 0 Å². The first kappa shape index (κ1) is 27.9. The highest BCUT2D eigenvalue weighted by Crippen LogP contribution is 2.39. The van der Waals surface area contributed by atoms with Gasteiger partial charge in [-0.1, -0.05) is 121 Å². The first-order valence-electron chi connectivity index (χ1n) is 13.6. The molecule has 0 saturated heterocycles. The minimum atomic E-state index is -0.358. The number of hydrogen-bond donors (Lipinski definition) is 1. The van der Waals surface area contributed by atoms with E-state index in [0.29, 0.717) is 37.7 Å². The largest absolute Gasteiger partial charge is 0.396 e. The Morgan fingerprint density at radius 3 is 1.54 bits per heavy atom. The second-order valence-corrected chi connectivity index (χ2v) is 9.68. The summed E-state index contributed by atoms with van der Waals surface area (Å²) in [6.07, 6.45) is -0.358. The monoisotopic (exact) mass is 543 g/mol. The van der Waals surface area contributed by atoms with Crippen molar-refractivity contribution in [3.05, 3.63) is 138 Å². The predicted octanol–water partition coefficient (Wildman–Crippen LogP) is 7.05. The summed E-state index contributed by atoms with van der Waals surface area (Å²) in [5.41, 5.74) is 12.9. The molecule has 0 bridgehead atoms. The molecule has 0 atom stereocenters. The number of nitrogens with two attached hydrogens (primary N) is 1. The van der Waals surface area contributed by atoms with Crippen LogP contribution in [0.3, 0.4) is 0 Å². The molecule has 0 saturated carbocycles. The van der Waals surface area contributed by atoms with Crippen LogP contribution in [0.4, 0.5) is 5.69 Å². The van der Waals surface area contributed by atoms with Gasteiger partial charge in [0.2, 0.25) is 0 Å². The molecule has 5 aromatic rings. The number of ether oxygens (including phenoxy) is 3. The molecule has 6 heteroatoms. The number of aromatic nitrogens is 1. The Balaban J connectivity index is 1.41. The lowest BCUT2D eigenvalue weighted by atomic mass is 10.1. The van der Waals surface area contributed by atoms with Crippen LogP contribution in [0.5, 0.6) is 0 Å². The normalized spacial score (nSPS) is 11.0. The topological polar surface area (TPSA) is 82.4 Å². The summed E-state index contributed by atoms with van der Waals surface area (Å²) in [6.45, 7) is 1.78. The van der Waals surface area contributed by atoms with Gasteiger partial charge in [-0.05, 0) is 16.7 Å². The van der Waals surface area contributed by atoms with Crippen molar-refractivity contribution in [2.75, 3.05) is 18.9 Å². The summed E-state index contributed by atoms with van der Waals surface area (Å²) in [7, 11) is 0. The van der Waals surface area contributed by atoms with E-state index in [1.165, 1.54) is 0 Å². The van der Waals surface area contributed by atoms with E-state index in [0.717, 1.165) is 33.6 Å². The Kier molecular flexibility index (Phi) is 9.59.